The number of amides is 1. The first-order valence-corrected chi connectivity index (χ1v) is 12.5. The van der Waals surface area contributed by atoms with E-state index in [1.807, 2.05) is 50.4 Å². The summed E-state index contributed by atoms with van der Waals surface area (Å²) < 4.78 is 5.21. The molecule has 4 aromatic rings. The van der Waals surface area contributed by atoms with Crippen LogP contribution in [-0.2, 0) is 5.41 Å². The van der Waals surface area contributed by atoms with Crippen molar-refractivity contribution in [2.45, 2.75) is 64.8 Å². The van der Waals surface area contributed by atoms with E-state index in [1.165, 1.54) is 0 Å². The standard InChI is InChI=1S/C28H31N7O2/c1-16(2)22-9-7-20(14-29-22)33-24-13-23(30-15-31-24)19-6-8-21(17(3)12-19)18(4)32-25(36)26-34-27(35-37-26)28(5)10-11-28/h6-9,12-16,18H,10-11H2,1-5H3,(H,32,36)(H,30,31,33)/t18-/m1/s1. The van der Waals surface area contributed by atoms with Crippen molar-refractivity contribution < 1.29 is 9.32 Å². The van der Waals surface area contributed by atoms with Crippen LogP contribution in [0.4, 0.5) is 11.5 Å². The van der Waals surface area contributed by atoms with E-state index in [9.17, 15) is 4.79 Å². The molecule has 9 nitrogen and oxygen atoms in total. The Bertz CT molecular complexity index is 1420. The molecule has 1 aliphatic rings. The zero-order chi connectivity index (χ0) is 26.2. The van der Waals surface area contributed by atoms with Crippen LogP contribution >= 0.6 is 0 Å². The number of benzene rings is 1. The molecule has 1 amide bonds. The first kappa shape index (κ1) is 24.5. The van der Waals surface area contributed by atoms with E-state index in [0.717, 1.165) is 46.6 Å². The molecule has 1 fully saturated rings. The Morgan fingerprint density at radius 2 is 1.86 bits per heavy atom. The molecule has 5 rings (SSSR count). The summed E-state index contributed by atoms with van der Waals surface area (Å²) in [6.07, 6.45) is 5.39. The van der Waals surface area contributed by atoms with Gasteiger partial charge in [-0.15, -0.1) is 0 Å². The third kappa shape index (κ3) is 5.35. The summed E-state index contributed by atoms with van der Waals surface area (Å²) in [5.41, 5.74) is 5.64. The normalized spacial score (nSPS) is 14.9. The van der Waals surface area contributed by atoms with Crippen LogP contribution in [0, 0.1) is 6.92 Å². The Morgan fingerprint density at radius 1 is 1.05 bits per heavy atom. The number of nitrogens with zero attached hydrogens (tertiary/aromatic N) is 5. The third-order valence-electron chi connectivity index (χ3n) is 6.86. The van der Waals surface area contributed by atoms with Gasteiger partial charge in [-0.1, -0.05) is 38.1 Å². The summed E-state index contributed by atoms with van der Waals surface area (Å²) in [7, 11) is 0. The topological polar surface area (TPSA) is 119 Å². The predicted molar refractivity (Wildman–Crippen MR) is 141 cm³/mol. The number of nitrogens with one attached hydrogen (secondary N) is 2. The molecule has 9 heteroatoms. The van der Waals surface area contributed by atoms with E-state index in [4.69, 9.17) is 4.52 Å². The van der Waals surface area contributed by atoms with Gasteiger partial charge in [-0.25, -0.2) is 9.97 Å². The summed E-state index contributed by atoms with van der Waals surface area (Å²) in [5.74, 6) is 1.30. The number of hydrogen-bond acceptors (Lipinski definition) is 8. The molecule has 3 aromatic heterocycles. The first-order valence-electron chi connectivity index (χ1n) is 12.5. The zero-order valence-electron chi connectivity index (χ0n) is 21.7. The molecule has 0 saturated heterocycles. The molecule has 0 bridgehead atoms. The number of carbonyl (C=O) groups is 1. The van der Waals surface area contributed by atoms with Crippen molar-refractivity contribution in [3.63, 3.8) is 0 Å². The summed E-state index contributed by atoms with van der Waals surface area (Å²) in [6.45, 7) is 10.3. The molecule has 2 N–H and O–H groups in total. The lowest BCUT2D eigenvalue weighted by Gasteiger charge is -2.16. The van der Waals surface area contributed by atoms with Crippen LogP contribution in [0.25, 0.3) is 11.3 Å². The SMILES string of the molecule is Cc1cc(-c2cc(Nc3ccc(C(C)C)nc3)ncn2)ccc1[C@@H](C)NC(=O)c1nc(C2(C)CC2)no1. The maximum atomic E-state index is 12.7. The number of anilines is 2. The van der Waals surface area contributed by atoms with Crippen LogP contribution in [-0.4, -0.2) is 31.0 Å². The lowest BCUT2D eigenvalue weighted by molar-refractivity contribution is 0.0895. The summed E-state index contributed by atoms with van der Waals surface area (Å²) in [4.78, 5) is 30.3. The lowest BCUT2D eigenvalue weighted by atomic mass is 9.98. The molecule has 0 radical (unpaired) electrons. The van der Waals surface area contributed by atoms with E-state index in [1.54, 1.807) is 6.33 Å². The molecule has 0 spiro atoms. The number of aromatic nitrogens is 5. The Hall–Kier alpha value is -4.14. The molecule has 190 valence electrons. The average Bonchev–Trinajstić information content (AvgIpc) is 3.42. The quantitative estimate of drug-likeness (QED) is 0.321. The van der Waals surface area contributed by atoms with Crippen molar-refractivity contribution in [3.05, 3.63) is 77.5 Å². The van der Waals surface area contributed by atoms with Gasteiger partial charge in [-0.2, -0.15) is 4.98 Å². The van der Waals surface area contributed by atoms with E-state index in [-0.39, 0.29) is 23.3 Å². The van der Waals surface area contributed by atoms with Gasteiger partial charge in [0.25, 0.3) is 0 Å². The van der Waals surface area contributed by atoms with Crippen molar-refractivity contribution in [2.75, 3.05) is 5.32 Å². The molecule has 0 unspecified atom stereocenters. The van der Waals surface area contributed by atoms with E-state index in [0.29, 0.717) is 17.6 Å². The number of aryl methyl sites for hydroxylation is 1. The van der Waals surface area contributed by atoms with Crippen molar-refractivity contribution in [2.24, 2.45) is 0 Å². The lowest BCUT2D eigenvalue weighted by Crippen LogP contribution is -2.27. The van der Waals surface area contributed by atoms with Crippen LogP contribution in [0.3, 0.4) is 0 Å². The second kappa shape index (κ2) is 9.72. The van der Waals surface area contributed by atoms with E-state index >= 15 is 0 Å². The van der Waals surface area contributed by atoms with Crippen molar-refractivity contribution in [1.82, 2.24) is 30.4 Å². The zero-order valence-corrected chi connectivity index (χ0v) is 21.7. The van der Waals surface area contributed by atoms with Gasteiger partial charge >= 0.3 is 11.8 Å². The molecule has 1 atom stereocenters. The monoisotopic (exact) mass is 497 g/mol. The predicted octanol–water partition coefficient (Wildman–Crippen LogP) is 5.64. The fourth-order valence-corrected chi connectivity index (χ4v) is 4.18. The van der Waals surface area contributed by atoms with Gasteiger partial charge in [-0.3, -0.25) is 9.78 Å². The van der Waals surface area contributed by atoms with Crippen LogP contribution in [0.1, 0.15) is 85.8 Å². The molecule has 1 aromatic carbocycles. The molecule has 3 heterocycles. The number of carbonyl (C=O) groups excluding carboxylic acids is 1. The minimum absolute atomic E-state index is 0.000640. The molecule has 37 heavy (non-hydrogen) atoms. The Morgan fingerprint density at radius 3 is 2.54 bits per heavy atom. The summed E-state index contributed by atoms with van der Waals surface area (Å²) in [5, 5.41) is 10.3. The van der Waals surface area contributed by atoms with Gasteiger partial charge in [0.15, 0.2) is 5.82 Å². The van der Waals surface area contributed by atoms with E-state index < -0.39 is 0 Å². The average molecular weight is 498 g/mol. The highest BCUT2D eigenvalue weighted by Crippen LogP contribution is 2.45. The molecule has 1 aliphatic carbocycles. The van der Waals surface area contributed by atoms with Crippen LogP contribution in [0.5, 0.6) is 0 Å². The Kier molecular flexibility index (Phi) is 6.45. The number of hydrogen-bond donors (Lipinski definition) is 2. The molecule has 1 saturated carbocycles. The van der Waals surface area contributed by atoms with Crippen molar-refractivity contribution in [1.29, 1.82) is 0 Å². The maximum Gasteiger partial charge on any atom is 0.315 e. The van der Waals surface area contributed by atoms with Gasteiger partial charge in [-0.05, 0) is 61.9 Å². The number of pyridine rings is 1. The minimum atomic E-state index is -0.374. The molecular weight excluding hydrogens is 466 g/mol. The van der Waals surface area contributed by atoms with Gasteiger partial charge in [0.05, 0.1) is 23.6 Å². The summed E-state index contributed by atoms with van der Waals surface area (Å²) in [6, 6.07) is 11.7. The second-order valence-electron chi connectivity index (χ2n) is 10.3. The maximum absolute atomic E-state index is 12.7. The Labute approximate surface area is 216 Å². The largest absolute Gasteiger partial charge is 0.341 e. The van der Waals surface area contributed by atoms with Crippen molar-refractivity contribution in [3.8, 4) is 11.3 Å². The van der Waals surface area contributed by atoms with Crippen molar-refractivity contribution >= 4 is 17.4 Å². The number of rotatable bonds is 8. The smallest absolute Gasteiger partial charge is 0.315 e. The minimum Gasteiger partial charge on any atom is -0.341 e. The highest BCUT2D eigenvalue weighted by Gasteiger charge is 2.44. The fraction of sp³-hybridized carbons (Fsp3) is 0.357. The van der Waals surface area contributed by atoms with E-state index in [2.05, 4.69) is 62.6 Å². The highest BCUT2D eigenvalue weighted by molar-refractivity contribution is 5.89. The molecular formula is C28H31N7O2. The Balaban J connectivity index is 1.27. The molecule has 0 aliphatic heterocycles. The van der Waals surface area contributed by atoms with Gasteiger partial charge in [0, 0.05) is 22.7 Å². The van der Waals surface area contributed by atoms with Gasteiger partial charge in [0.1, 0.15) is 12.1 Å². The third-order valence-corrected chi connectivity index (χ3v) is 6.86. The van der Waals surface area contributed by atoms with Gasteiger partial charge < -0.3 is 15.2 Å². The van der Waals surface area contributed by atoms with Gasteiger partial charge in [0.2, 0.25) is 0 Å². The van der Waals surface area contributed by atoms with Crippen LogP contribution in [0.15, 0.2) is 53.4 Å². The fourth-order valence-electron chi connectivity index (χ4n) is 4.18. The van der Waals surface area contributed by atoms with Crippen LogP contribution < -0.4 is 10.6 Å². The first-order chi connectivity index (χ1) is 17.7. The summed E-state index contributed by atoms with van der Waals surface area (Å²) >= 11 is 0. The second-order valence-corrected chi connectivity index (χ2v) is 10.3. The highest BCUT2D eigenvalue weighted by atomic mass is 16.5. The van der Waals surface area contributed by atoms with Crippen LogP contribution in [0.2, 0.25) is 0 Å².